The van der Waals surface area contributed by atoms with Crippen molar-refractivity contribution in [2.45, 2.75) is 6.92 Å². The fraction of sp³-hybridized carbons (Fsp3) is 0.0833. The Hall–Kier alpha value is -2.01. The van der Waals surface area contributed by atoms with E-state index in [1.54, 1.807) is 19.1 Å². The summed E-state index contributed by atoms with van der Waals surface area (Å²) in [6.45, 7) is 1.64. The van der Waals surface area contributed by atoms with E-state index in [-0.39, 0.29) is 16.7 Å². The SMILES string of the molecule is Cc1ccc(NC(=O)c2cnc(Cl)cn2)cc1F. The number of hydrogen-bond donors (Lipinski definition) is 1. The molecule has 2 aromatic rings. The molecule has 1 amide bonds. The van der Waals surface area contributed by atoms with Crippen LogP contribution >= 0.6 is 11.6 Å². The van der Waals surface area contributed by atoms with Gasteiger partial charge in [0.25, 0.3) is 5.91 Å². The van der Waals surface area contributed by atoms with Crippen molar-refractivity contribution in [1.82, 2.24) is 9.97 Å². The lowest BCUT2D eigenvalue weighted by Gasteiger charge is -2.05. The summed E-state index contributed by atoms with van der Waals surface area (Å²) in [7, 11) is 0. The smallest absolute Gasteiger partial charge is 0.275 e. The first-order valence-corrected chi connectivity index (χ1v) is 5.49. The second-order valence-electron chi connectivity index (χ2n) is 3.64. The molecular formula is C12H9ClFN3O. The van der Waals surface area contributed by atoms with Crippen LogP contribution < -0.4 is 5.32 Å². The van der Waals surface area contributed by atoms with Crippen molar-refractivity contribution in [3.8, 4) is 0 Å². The molecule has 0 aliphatic rings. The fourth-order valence-corrected chi connectivity index (χ4v) is 1.39. The molecule has 0 aliphatic heterocycles. The Balaban J connectivity index is 2.16. The molecule has 0 bridgehead atoms. The number of nitrogens with zero attached hydrogens (tertiary/aromatic N) is 2. The average Bonchev–Trinajstić information content (AvgIpc) is 2.34. The zero-order valence-corrected chi connectivity index (χ0v) is 10.2. The van der Waals surface area contributed by atoms with Crippen LogP contribution in [0.1, 0.15) is 16.1 Å². The standard InChI is InChI=1S/C12H9ClFN3O/c1-7-2-3-8(4-9(7)14)17-12(18)10-5-16-11(13)6-15-10/h2-6H,1H3,(H,17,18). The minimum Gasteiger partial charge on any atom is -0.321 e. The summed E-state index contributed by atoms with van der Waals surface area (Å²) in [5.74, 6) is -0.850. The van der Waals surface area contributed by atoms with Gasteiger partial charge in [0.2, 0.25) is 0 Å². The molecule has 0 fully saturated rings. The molecule has 0 saturated heterocycles. The first-order valence-electron chi connectivity index (χ1n) is 5.11. The second kappa shape index (κ2) is 5.10. The van der Waals surface area contributed by atoms with Crippen LogP contribution in [0.3, 0.4) is 0 Å². The predicted molar refractivity (Wildman–Crippen MR) is 66.1 cm³/mol. The summed E-state index contributed by atoms with van der Waals surface area (Å²) in [6.07, 6.45) is 2.52. The lowest BCUT2D eigenvalue weighted by molar-refractivity contribution is 0.102. The van der Waals surface area contributed by atoms with Crippen LogP contribution in [0.2, 0.25) is 5.15 Å². The Bertz CT molecular complexity index is 586. The summed E-state index contributed by atoms with van der Waals surface area (Å²) >= 11 is 5.56. The van der Waals surface area contributed by atoms with E-state index in [0.717, 1.165) is 0 Å². The highest BCUT2D eigenvalue weighted by Crippen LogP contribution is 2.14. The van der Waals surface area contributed by atoms with Gasteiger partial charge in [-0.25, -0.2) is 14.4 Å². The van der Waals surface area contributed by atoms with E-state index in [1.165, 1.54) is 18.5 Å². The first-order chi connectivity index (χ1) is 8.56. The van der Waals surface area contributed by atoms with Gasteiger partial charge in [-0.05, 0) is 24.6 Å². The van der Waals surface area contributed by atoms with Crippen LogP contribution in [0.5, 0.6) is 0 Å². The Morgan fingerprint density at radius 2 is 2.11 bits per heavy atom. The van der Waals surface area contributed by atoms with Gasteiger partial charge in [0.05, 0.1) is 12.4 Å². The third-order valence-electron chi connectivity index (χ3n) is 2.28. The molecule has 0 unspecified atom stereocenters. The molecule has 1 aromatic carbocycles. The molecule has 6 heteroatoms. The van der Waals surface area contributed by atoms with Gasteiger partial charge in [-0.1, -0.05) is 17.7 Å². The largest absolute Gasteiger partial charge is 0.321 e. The molecule has 2 rings (SSSR count). The van der Waals surface area contributed by atoms with Gasteiger partial charge in [0.1, 0.15) is 16.7 Å². The topological polar surface area (TPSA) is 54.9 Å². The fourth-order valence-electron chi connectivity index (χ4n) is 1.30. The van der Waals surface area contributed by atoms with E-state index in [0.29, 0.717) is 11.3 Å². The number of hydrogen-bond acceptors (Lipinski definition) is 3. The maximum atomic E-state index is 13.3. The van der Waals surface area contributed by atoms with Gasteiger partial charge in [0, 0.05) is 5.69 Å². The van der Waals surface area contributed by atoms with E-state index < -0.39 is 5.91 Å². The molecule has 1 aromatic heterocycles. The number of aryl methyl sites for hydroxylation is 1. The number of carbonyl (C=O) groups is 1. The van der Waals surface area contributed by atoms with E-state index in [9.17, 15) is 9.18 Å². The van der Waals surface area contributed by atoms with Crippen molar-refractivity contribution in [3.05, 3.63) is 52.8 Å². The molecule has 0 aliphatic carbocycles. The van der Waals surface area contributed by atoms with Gasteiger partial charge >= 0.3 is 0 Å². The molecule has 92 valence electrons. The average molecular weight is 266 g/mol. The van der Waals surface area contributed by atoms with Crippen LogP contribution in [0.4, 0.5) is 10.1 Å². The maximum Gasteiger partial charge on any atom is 0.275 e. The maximum absolute atomic E-state index is 13.3. The van der Waals surface area contributed by atoms with Crippen LogP contribution in [0.15, 0.2) is 30.6 Å². The zero-order chi connectivity index (χ0) is 13.1. The van der Waals surface area contributed by atoms with Gasteiger partial charge in [0.15, 0.2) is 0 Å². The second-order valence-corrected chi connectivity index (χ2v) is 4.03. The summed E-state index contributed by atoms with van der Waals surface area (Å²) in [4.78, 5) is 19.3. The Kier molecular flexibility index (Phi) is 3.53. The summed E-state index contributed by atoms with van der Waals surface area (Å²) in [5.41, 5.74) is 0.986. The summed E-state index contributed by atoms with van der Waals surface area (Å²) < 4.78 is 13.3. The monoisotopic (exact) mass is 265 g/mol. The molecule has 0 atom stereocenters. The lowest BCUT2D eigenvalue weighted by atomic mass is 10.2. The highest BCUT2D eigenvalue weighted by molar-refractivity contribution is 6.29. The highest BCUT2D eigenvalue weighted by atomic mass is 35.5. The number of anilines is 1. The minimum atomic E-state index is -0.470. The lowest BCUT2D eigenvalue weighted by Crippen LogP contribution is -2.14. The van der Waals surface area contributed by atoms with Crippen molar-refractivity contribution in [3.63, 3.8) is 0 Å². The van der Waals surface area contributed by atoms with Crippen molar-refractivity contribution in [1.29, 1.82) is 0 Å². The van der Waals surface area contributed by atoms with Gasteiger partial charge in [-0.2, -0.15) is 0 Å². The van der Waals surface area contributed by atoms with Gasteiger partial charge in [-0.3, -0.25) is 4.79 Å². The minimum absolute atomic E-state index is 0.111. The Labute approximate surface area is 108 Å². The quantitative estimate of drug-likeness (QED) is 0.908. The molecule has 18 heavy (non-hydrogen) atoms. The molecule has 1 N–H and O–H groups in total. The first kappa shape index (κ1) is 12.4. The summed E-state index contributed by atoms with van der Waals surface area (Å²) in [6, 6.07) is 4.44. The molecule has 4 nitrogen and oxygen atoms in total. The number of carbonyl (C=O) groups excluding carboxylic acids is 1. The van der Waals surface area contributed by atoms with E-state index in [2.05, 4.69) is 15.3 Å². The van der Waals surface area contributed by atoms with Crippen molar-refractivity contribution in [2.24, 2.45) is 0 Å². The summed E-state index contributed by atoms with van der Waals surface area (Å²) in [5, 5.41) is 2.72. The van der Waals surface area contributed by atoms with Gasteiger partial charge in [-0.15, -0.1) is 0 Å². The molecule has 0 spiro atoms. The third kappa shape index (κ3) is 2.81. The van der Waals surface area contributed by atoms with Crippen LogP contribution in [0, 0.1) is 12.7 Å². The number of nitrogens with one attached hydrogen (secondary N) is 1. The molecule has 0 radical (unpaired) electrons. The zero-order valence-electron chi connectivity index (χ0n) is 9.45. The number of aromatic nitrogens is 2. The molecule has 0 saturated carbocycles. The van der Waals surface area contributed by atoms with E-state index in [4.69, 9.17) is 11.6 Å². The third-order valence-corrected chi connectivity index (χ3v) is 2.48. The van der Waals surface area contributed by atoms with Gasteiger partial charge < -0.3 is 5.32 Å². The Morgan fingerprint density at radius 1 is 1.33 bits per heavy atom. The number of halogens is 2. The number of benzene rings is 1. The number of rotatable bonds is 2. The normalized spacial score (nSPS) is 10.2. The van der Waals surface area contributed by atoms with Crippen LogP contribution in [0.25, 0.3) is 0 Å². The van der Waals surface area contributed by atoms with Crippen molar-refractivity contribution >= 4 is 23.2 Å². The van der Waals surface area contributed by atoms with Crippen LogP contribution in [-0.4, -0.2) is 15.9 Å². The predicted octanol–water partition coefficient (Wildman–Crippen LogP) is 2.83. The highest BCUT2D eigenvalue weighted by Gasteiger charge is 2.09. The van der Waals surface area contributed by atoms with E-state index in [1.807, 2.05) is 0 Å². The van der Waals surface area contributed by atoms with Crippen molar-refractivity contribution < 1.29 is 9.18 Å². The van der Waals surface area contributed by atoms with Crippen LogP contribution in [-0.2, 0) is 0 Å². The number of amides is 1. The Morgan fingerprint density at radius 3 is 2.72 bits per heavy atom. The molecular weight excluding hydrogens is 257 g/mol. The van der Waals surface area contributed by atoms with E-state index >= 15 is 0 Å². The van der Waals surface area contributed by atoms with Crippen molar-refractivity contribution in [2.75, 3.05) is 5.32 Å². The molecule has 1 heterocycles.